The summed E-state index contributed by atoms with van der Waals surface area (Å²) in [5, 5.41) is 0.325. The first-order valence-corrected chi connectivity index (χ1v) is 11.6. The lowest BCUT2D eigenvalue weighted by atomic mass is 9.82. The van der Waals surface area contributed by atoms with E-state index in [4.69, 9.17) is 21.1 Å². The Morgan fingerprint density at radius 2 is 1.83 bits per heavy atom. The second kappa shape index (κ2) is 7.55. The van der Waals surface area contributed by atoms with E-state index in [0.717, 1.165) is 11.1 Å². The molecular formula is C22H24ClNO5S. The average Bonchev–Trinajstić information content (AvgIpc) is 2.71. The van der Waals surface area contributed by atoms with Crippen LogP contribution in [0.2, 0.25) is 5.02 Å². The van der Waals surface area contributed by atoms with Crippen LogP contribution < -0.4 is 9.47 Å². The van der Waals surface area contributed by atoms with Crippen LogP contribution in [0.3, 0.4) is 0 Å². The molecule has 2 heterocycles. The predicted molar refractivity (Wildman–Crippen MR) is 114 cm³/mol. The fourth-order valence-corrected chi connectivity index (χ4v) is 6.05. The number of nitrogens with zero attached hydrogens (tertiary/aromatic N) is 1. The Morgan fingerprint density at radius 1 is 1.13 bits per heavy atom. The van der Waals surface area contributed by atoms with E-state index in [1.165, 1.54) is 17.5 Å². The molecule has 0 saturated carbocycles. The number of aryl methyl sites for hydroxylation is 1. The van der Waals surface area contributed by atoms with Crippen molar-refractivity contribution in [1.82, 2.24) is 4.31 Å². The van der Waals surface area contributed by atoms with Crippen LogP contribution in [-0.4, -0.2) is 44.3 Å². The minimum Gasteiger partial charge on any atom is -0.495 e. The van der Waals surface area contributed by atoms with E-state index in [0.29, 0.717) is 29.2 Å². The molecule has 0 unspecified atom stereocenters. The highest BCUT2D eigenvalue weighted by molar-refractivity contribution is 7.89. The van der Waals surface area contributed by atoms with Crippen LogP contribution in [0.1, 0.15) is 40.7 Å². The molecule has 0 aromatic heterocycles. The summed E-state index contributed by atoms with van der Waals surface area (Å²) >= 11 is 6.03. The SMILES string of the molecule is COc1ccc(Cl)cc1S(=O)(=O)N1CCC2(CC1)CC(=O)c1ccc(C)c(C)c1O2. The van der Waals surface area contributed by atoms with Gasteiger partial charge in [-0.2, -0.15) is 4.31 Å². The summed E-state index contributed by atoms with van der Waals surface area (Å²) < 4.78 is 39.5. The van der Waals surface area contributed by atoms with E-state index in [9.17, 15) is 13.2 Å². The van der Waals surface area contributed by atoms with Gasteiger partial charge in [0.05, 0.1) is 19.1 Å². The van der Waals surface area contributed by atoms with Crippen LogP contribution in [0.25, 0.3) is 0 Å². The summed E-state index contributed by atoms with van der Waals surface area (Å²) in [6.45, 7) is 4.45. The lowest BCUT2D eigenvalue weighted by Gasteiger charge is -2.44. The maximum Gasteiger partial charge on any atom is 0.246 e. The van der Waals surface area contributed by atoms with Gasteiger partial charge >= 0.3 is 0 Å². The molecule has 0 radical (unpaired) electrons. The largest absolute Gasteiger partial charge is 0.495 e. The number of ether oxygens (including phenoxy) is 2. The highest BCUT2D eigenvalue weighted by Gasteiger charge is 2.45. The molecule has 0 amide bonds. The van der Waals surface area contributed by atoms with E-state index >= 15 is 0 Å². The first-order chi connectivity index (χ1) is 14.2. The second-order valence-electron chi connectivity index (χ2n) is 7.97. The van der Waals surface area contributed by atoms with Crippen molar-refractivity contribution in [3.8, 4) is 11.5 Å². The van der Waals surface area contributed by atoms with E-state index in [1.807, 2.05) is 26.0 Å². The number of Topliss-reactive ketones (excluding diaryl/α,β-unsaturated/α-hetero) is 1. The van der Waals surface area contributed by atoms with Crippen LogP contribution in [0.5, 0.6) is 11.5 Å². The maximum atomic E-state index is 13.2. The van der Waals surface area contributed by atoms with Crippen molar-refractivity contribution in [2.24, 2.45) is 0 Å². The van der Waals surface area contributed by atoms with Gasteiger partial charge in [0.2, 0.25) is 10.0 Å². The molecule has 0 atom stereocenters. The third-order valence-corrected chi connectivity index (χ3v) is 8.31. The second-order valence-corrected chi connectivity index (χ2v) is 10.3. The lowest BCUT2D eigenvalue weighted by molar-refractivity contribution is 0.00531. The smallest absolute Gasteiger partial charge is 0.246 e. The summed E-state index contributed by atoms with van der Waals surface area (Å²) in [5.74, 6) is 0.940. The van der Waals surface area contributed by atoms with Gasteiger partial charge in [-0.1, -0.05) is 17.7 Å². The Bertz CT molecular complexity index is 1120. The Morgan fingerprint density at radius 3 is 2.50 bits per heavy atom. The van der Waals surface area contributed by atoms with Crippen LogP contribution in [-0.2, 0) is 10.0 Å². The first kappa shape index (κ1) is 21.2. The zero-order valence-corrected chi connectivity index (χ0v) is 18.8. The Kier molecular flexibility index (Phi) is 5.33. The van der Waals surface area contributed by atoms with Crippen molar-refractivity contribution >= 4 is 27.4 Å². The number of carbonyl (C=O) groups excluding carboxylic acids is 1. The number of benzene rings is 2. The van der Waals surface area contributed by atoms with Crippen molar-refractivity contribution < 1.29 is 22.7 Å². The quantitative estimate of drug-likeness (QED) is 0.703. The van der Waals surface area contributed by atoms with E-state index in [1.54, 1.807) is 12.1 Å². The zero-order chi connectivity index (χ0) is 21.7. The fraction of sp³-hybridized carbons (Fsp3) is 0.409. The van der Waals surface area contributed by atoms with Gasteiger partial charge in [0.25, 0.3) is 0 Å². The van der Waals surface area contributed by atoms with Crippen molar-refractivity contribution in [3.05, 3.63) is 52.0 Å². The third kappa shape index (κ3) is 3.49. The highest BCUT2D eigenvalue weighted by atomic mass is 35.5. The van der Waals surface area contributed by atoms with Gasteiger partial charge in [0.1, 0.15) is 22.0 Å². The van der Waals surface area contributed by atoms with Crippen molar-refractivity contribution in [1.29, 1.82) is 0 Å². The fourth-order valence-electron chi connectivity index (χ4n) is 4.19. The monoisotopic (exact) mass is 449 g/mol. The molecular weight excluding hydrogens is 426 g/mol. The third-order valence-electron chi connectivity index (χ3n) is 6.16. The standard InChI is InChI=1S/C22H24ClNO5S/c1-14-4-6-17-18(25)13-22(29-21(17)15(14)2)8-10-24(11-9-22)30(26,27)20-12-16(23)5-7-19(20)28-3/h4-7,12H,8-11,13H2,1-3H3. The number of halogens is 1. The first-order valence-electron chi connectivity index (χ1n) is 9.83. The van der Waals surface area contributed by atoms with Gasteiger partial charge in [-0.15, -0.1) is 0 Å². The summed E-state index contributed by atoms with van der Waals surface area (Å²) in [4.78, 5) is 12.8. The molecule has 0 N–H and O–H groups in total. The molecule has 2 aliphatic heterocycles. The highest BCUT2D eigenvalue weighted by Crippen LogP contribution is 2.43. The number of carbonyl (C=O) groups is 1. The molecule has 30 heavy (non-hydrogen) atoms. The molecule has 6 nitrogen and oxygen atoms in total. The maximum absolute atomic E-state index is 13.2. The minimum absolute atomic E-state index is 0.0471. The number of methoxy groups -OCH3 is 1. The van der Waals surface area contributed by atoms with E-state index in [-0.39, 0.29) is 35.9 Å². The van der Waals surface area contributed by atoms with Gasteiger partial charge < -0.3 is 9.47 Å². The van der Waals surface area contributed by atoms with Gasteiger partial charge in [-0.05, 0) is 49.2 Å². The van der Waals surface area contributed by atoms with Gasteiger partial charge in [-0.3, -0.25) is 4.79 Å². The molecule has 0 aliphatic carbocycles. The number of hydrogen-bond donors (Lipinski definition) is 0. The Labute approximate surface area is 181 Å². The van der Waals surface area contributed by atoms with Crippen molar-refractivity contribution in [2.45, 2.75) is 43.6 Å². The lowest BCUT2D eigenvalue weighted by Crippen LogP contribution is -2.52. The van der Waals surface area contributed by atoms with E-state index in [2.05, 4.69) is 0 Å². The van der Waals surface area contributed by atoms with Crippen LogP contribution >= 0.6 is 11.6 Å². The number of fused-ring (bicyclic) bond motifs is 1. The molecule has 1 fully saturated rings. The van der Waals surface area contributed by atoms with Gasteiger partial charge in [0.15, 0.2) is 5.78 Å². The molecule has 2 aliphatic rings. The molecule has 2 aromatic carbocycles. The topological polar surface area (TPSA) is 72.9 Å². The summed E-state index contributed by atoms with van der Waals surface area (Å²) in [6.07, 6.45) is 1.14. The predicted octanol–water partition coefficient (Wildman–Crippen LogP) is 4.15. The van der Waals surface area contributed by atoms with Crippen LogP contribution in [0.15, 0.2) is 35.2 Å². The number of hydrogen-bond acceptors (Lipinski definition) is 5. The Balaban J connectivity index is 1.59. The van der Waals surface area contributed by atoms with Crippen molar-refractivity contribution in [2.75, 3.05) is 20.2 Å². The zero-order valence-electron chi connectivity index (χ0n) is 17.2. The number of sulfonamides is 1. The molecule has 160 valence electrons. The van der Waals surface area contributed by atoms with E-state index < -0.39 is 15.6 Å². The Hall–Kier alpha value is -2.09. The molecule has 8 heteroatoms. The molecule has 1 spiro atoms. The summed E-state index contributed by atoms with van der Waals surface area (Å²) in [5.41, 5.74) is 1.96. The van der Waals surface area contributed by atoms with Gasteiger partial charge in [-0.25, -0.2) is 8.42 Å². The molecule has 0 bridgehead atoms. The molecule has 2 aromatic rings. The van der Waals surface area contributed by atoms with Crippen molar-refractivity contribution in [3.63, 3.8) is 0 Å². The van der Waals surface area contributed by atoms with Gasteiger partial charge in [0, 0.05) is 31.0 Å². The number of ketones is 1. The number of rotatable bonds is 3. The van der Waals surface area contributed by atoms with Crippen LogP contribution in [0.4, 0.5) is 0 Å². The summed E-state index contributed by atoms with van der Waals surface area (Å²) in [7, 11) is -2.36. The molecule has 4 rings (SSSR count). The normalized spacial score (nSPS) is 18.7. The molecule has 1 saturated heterocycles. The minimum atomic E-state index is -3.79. The summed E-state index contributed by atoms with van der Waals surface area (Å²) in [6, 6.07) is 8.29. The number of piperidine rings is 1. The van der Waals surface area contributed by atoms with Crippen LogP contribution in [0, 0.1) is 13.8 Å². The average molecular weight is 450 g/mol.